The molecule has 0 aliphatic rings. The number of aliphatic hydroxyl groups is 1. The first-order valence-electron chi connectivity index (χ1n) is 6.63. The molecule has 0 radical (unpaired) electrons. The maximum atomic E-state index is 11.3. The standard InChI is InChI=1S/C14H23N3O3/c1-14(2,3)12(8-9-18)16-11-7-5-6-10(15-4)13(11)17(19)20/h5-7,12,15-16,18H,8-9H2,1-4H3. The summed E-state index contributed by atoms with van der Waals surface area (Å²) in [6, 6.07) is 5.06. The van der Waals surface area contributed by atoms with E-state index in [-0.39, 0.29) is 23.8 Å². The summed E-state index contributed by atoms with van der Waals surface area (Å²) in [5.74, 6) is 0. The summed E-state index contributed by atoms with van der Waals surface area (Å²) in [6.07, 6.45) is 0.532. The fourth-order valence-electron chi connectivity index (χ4n) is 2.10. The second-order valence-electron chi connectivity index (χ2n) is 5.78. The lowest BCUT2D eigenvalue weighted by atomic mass is 9.84. The van der Waals surface area contributed by atoms with Crippen LogP contribution in [0.4, 0.5) is 17.1 Å². The van der Waals surface area contributed by atoms with Crippen molar-refractivity contribution in [3.05, 3.63) is 28.3 Å². The molecule has 1 atom stereocenters. The van der Waals surface area contributed by atoms with Gasteiger partial charge in [0.05, 0.1) is 4.92 Å². The first-order valence-corrected chi connectivity index (χ1v) is 6.63. The Balaban J connectivity index is 3.16. The zero-order valence-corrected chi connectivity index (χ0v) is 12.4. The molecule has 0 aliphatic heterocycles. The van der Waals surface area contributed by atoms with Crippen LogP contribution in [0.25, 0.3) is 0 Å². The van der Waals surface area contributed by atoms with Crippen molar-refractivity contribution >= 4 is 17.1 Å². The van der Waals surface area contributed by atoms with Gasteiger partial charge in [0.15, 0.2) is 0 Å². The number of hydrogen-bond acceptors (Lipinski definition) is 5. The van der Waals surface area contributed by atoms with Crippen LogP contribution in [-0.2, 0) is 0 Å². The van der Waals surface area contributed by atoms with Crippen molar-refractivity contribution in [1.82, 2.24) is 0 Å². The summed E-state index contributed by atoms with van der Waals surface area (Å²) in [6.45, 7) is 6.14. The van der Waals surface area contributed by atoms with Crippen LogP contribution in [0.3, 0.4) is 0 Å². The molecule has 3 N–H and O–H groups in total. The zero-order valence-electron chi connectivity index (χ0n) is 12.4. The number of nitro groups is 1. The molecule has 20 heavy (non-hydrogen) atoms. The van der Waals surface area contributed by atoms with Crippen LogP contribution in [0.2, 0.25) is 0 Å². The van der Waals surface area contributed by atoms with Crippen LogP contribution in [-0.4, -0.2) is 29.7 Å². The quantitative estimate of drug-likeness (QED) is 0.551. The van der Waals surface area contributed by atoms with Crippen LogP contribution in [0, 0.1) is 15.5 Å². The number of nitro benzene ring substituents is 1. The Morgan fingerprint density at radius 1 is 1.35 bits per heavy atom. The van der Waals surface area contributed by atoms with Crippen LogP contribution in [0.5, 0.6) is 0 Å². The number of aliphatic hydroxyl groups excluding tert-OH is 1. The highest BCUT2D eigenvalue weighted by Crippen LogP contribution is 2.35. The van der Waals surface area contributed by atoms with Gasteiger partial charge in [-0.3, -0.25) is 10.1 Å². The Morgan fingerprint density at radius 3 is 2.40 bits per heavy atom. The van der Waals surface area contributed by atoms with E-state index in [1.54, 1.807) is 25.2 Å². The van der Waals surface area contributed by atoms with E-state index in [4.69, 9.17) is 0 Å². The van der Waals surface area contributed by atoms with Gasteiger partial charge in [-0.2, -0.15) is 0 Å². The monoisotopic (exact) mass is 281 g/mol. The summed E-state index contributed by atoms with van der Waals surface area (Å²) in [7, 11) is 1.65. The van der Waals surface area contributed by atoms with Crippen LogP contribution in [0.1, 0.15) is 27.2 Å². The van der Waals surface area contributed by atoms with Crippen molar-refractivity contribution in [3.8, 4) is 0 Å². The topological polar surface area (TPSA) is 87.4 Å². The van der Waals surface area contributed by atoms with E-state index >= 15 is 0 Å². The van der Waals surface area contributed by atoms with Crippen molar-refractivity contribution in [2.45, 2.75) is 33.2 Å². The fourth-order valence-corrected chi connectivity index (χ4v) is 2.10. The van der Waals surface area contributed by atoms with E-state index in [0.717, 1.165) is 0 Å². The van der Waals surface area contributed by atoms with Gasteiger partial charge in [-0.15, -0.1) is 0 Å². The highest BCUT2D eigenvalue weighted by molar-refractivity contribution is 5.76. The molecule has 6 nitrogen and oxygen atoms in total. The number of benzene rings is 1. The second kappa shape index (κ2) is 6.56. The van der Waals surface area contributed by atoms with Crippen molar-refractivity contribution < 1.29 is 10.0 Å². The van der Waals surface area contributed by atoms with Gasteiger partial charge in [0.2, 0.25) is 0 Å². The lowest BCUT2D eigenvalue weighted by Gasteiger charge is -2.32. The average molecular weight is 281 g/mol. The van der Waals surface area contributed by atoms with E-state index < -0.39 is 4.92 Å². The molecule has 0 fully saturated rings. The van der Waals surface area contributed by atoms with Gasteiger partial charge in [0.1, 0.15) is 11.4 Å². The molecule has 1 aromatic rings. The fraction of sp³-hybridized carbons (Fsp3) is 0.571. The maximum absolute atomic E-state index is 11.3. The molecular formula is C14H23N3O3. The van der Waals surface area contributed by atoms with E-state index in [1.807, 2.05) is 20.8 Å². The number of nitrogens with zero attached hydrogens (tertiary/aromatic N) is 1. The molecule has 6 heteroatoms. The lowest BCUT2D eigenvalue weighted by Crippen LogP contribution is -2.35. The molecule has 0 saturated carbocycles. The Bertz CT molecular complexity index is 469. The molecule has 1 aromatic carbocycles. The maximum Gasteiger partial charge on any atom is 0.315 e. The zero-order chi connectivity index (χ0) is 15.3. The highest BCUT2D eigenvalue weighted by Gasteiger charge is 2.27. The first-order chi connectivity index (χ1) is 9.31. The number of hydrogen-bond donors (Lipinski definition) is 3. The largest absolute Gasteiger partial charge is 0.396 e. The molecule has 1 rings (SSSR count). The third kappa shape index (κ3) is 3.84. The normalized spacial score (nSPS) is 12.8. The van der Waals surface area contributed by atoms with E-state index in [1.165, 1.54) is 0 Å². The third-order valence-electron chi connectivity index (χ3n) is 3.28. The van der Waals surface area contributed by atoms with Crippen LogP contribution >= 0.6 is 0 Å². The van der Waals surface area contributed by atoms with Crippen molar-refractivity contribution in [2.75, 3.05) is 24.3 Å². The van der Waals surface area contributed by atoms with Gasteiger partial charge >= 0.3 is 5.69 Å². The van der Waals surface area contributed by atoms with Crippen LogP contribution < -0.4 is 10.6 Å². The predicted molar refractivity (Wildman–Crippen MR) is 81.2 cm³/mol. The minimum absolute atomic E-state index is 0.0298. The van der Waals surface area contributed by atoms with Gasteiger partial charge in [-0.25, -0.2) is 0 Å². The Morgan fingerprint density at radius 2 is 1.95 bits per heavy atom. The van der Waals surface area contributed by atoms with Gasteiger partial charge in [0, 0.05) is 19.7 Å². The van der Waals surface area contributed by atoms with Crippen molar-refractivity contribution in [3.63, 3.8) is 0 Å². The van der Waals surface area contributed by atoms with Crippen molar-refractivity contribution in [1.29, 1.82) is 0 Å². The first kappa shape index (κ1) is 16.2. The van der Waals surface area contributed by atoms with Gasteiger partial charge in [-0.1, -0.05) is 26.8 Å². The Labute approximate surface area is 119 Å². The molecule has 0 aromatic heterocycles. The smallest absolute Gasteiger partial charge is 0.315 e. The van der Waals surface area contributed by atoms with Crippen molar-refractivity contribution in [2.24, 2.45) is 5.41 Å². The molecule has 0 saturated heterocycles. The molecule has 0 aliphatic carbocycles. The molecule has 0 spiro atoms. The third-order valence-corrected chi connectivity index (χ3v) is 3.28. The summed E-state index contributed by atoms with van der Waals surface area (Å²) in [4.78, 5) is 10.9. The summed E-state index contributed by atoms with van der Waals surface area (Å²) < 4.78 is 0. The minimum atomic E-state index is -0.396. The van der Waals surface area contributed by atoms with E-state index in [0.29, 0.717) is 17.8 Å². The Kier molecular flexibility index (Phi) is 5.33. The molecule has 0 heterocycles. The van der Waals surface area contributed by atoms with Gasteiger partial charge in [-0.05, 0) is 24.0 Å². The number of anilines is 2. The number of rotatable bonds is 6. The summed E-state index contributed by atoms with van der Waals surface area (Å²) in [5, 5.41) is 26.5. The molecular weight excluding hydrogens is 258 g/mol. The number of nitrogens with one attached hydrogen (secondary N) is 2. The van der Waals surface area contributed by atoms with Gasteiger partial charge in [0.25, 0.3) is 0 Å². The molecule has 1 unspecified atom stereocenters. The van der Waals surface area contributed by atoms with Gasteiger partial charge < -0.3 is 15.7 Å². The number of para-hydroxylation sites is 1. The van der Waals surface area contributed by atoms with E-state index in [9.17, 15) is 15.2 Å². The Hall–Kier alpha value is -1.82. The minimum Gasteiger partial charge on any atom is -0.396 e. The average Bonchev–Trinajstić information content (AvgIpc) is 2.36. The SMILES string of the molecule is CNc1cccc(NC(CCO)C(C)(C)C)c1[N+](=O)[O-]. The van der Waals surface area contributed by atoms with Crippen LogP contribution in [0.15, 0.2) is 18.2 Å². The molecule has 0 bridgehead atoms. The molecule has 0 amide bonds. The van der Waals surface area contributed by atoms with E-state index in [2.05, 4.69) is 10.6 Å². The summed E-state index contributed by atoms with van der Waals surface area (Å²) >= 11 is 0. The predicted octanol–water partition coefficient (Wildman–Crippen LogP) is 2.85. The lowest BCUT2D eigenvalue weighted by molar-refractivity contribution is -0.383. The second-order valence-corrected chi connectivity index (χ2v) is 5.78. The molecule has 112 valence electrons. The highest BCUT2D eigenvalue weighted by atomic mass is 16.6. The summed E-state index contributed by atoms with van der Waals surface area (Å²) in [5.41, 5.74) is 0.848.